The van der Waals surface area contributed by atoms with Gasteiger partial charge in [0.2, 0.25) is 0 Å². The van der Waals surface area contributed by atoms with E-state index in [4.69, 9.17) is 0 Å². The lowest BCUT2D eigenvalue weighted by molar-refractivity contribution is 0.276. The van der Waals surface area contributed by atoms with Crippen LogP contribution in [0.5, 0.6) is 0 Å². The van der Waals surface area contributed by atoms with E-state index in [1.807, 2.05) is 0 Å². The fourth-order valence-electron chi connectivity index (χ4n) is 2.82. The van der Waals surface area contributed by atoms with Crippen molar-refractivity contribution >= 4 is 21.6 Å². The minimum Gasteiger partial charge on any atom is -0.381 e. The van der Waals surface area contributed by atoms with E-state index in [9.17, 15) is 0 Å². The van der Waals surface area contributed by atoms with Crippen molar-refractivity contribution in [2.75, 3.05) is 5.32 Å². The first-order valence-electron chi connectivity index (χ1n) is 6.59. The van der Waals surface area contributed by atoms with Crippen LogP contribution in [0.3, 0.4) is 0 Å². The van der Waals surface area contributed by atoms with E-state index in [0.29, 0.717) is 6.04 Å². The number of rotatable bonds is 2. The molecular weight excluding hydrogens is 274 g/mol. The Morgan fingerprint density at radius 3 is 2.65 bits per heavy atom. The Balaban J connectivity index is 2.05. The first kappa shape index (κ1) is 12.9. The maximum Gasteiger partial charge on any atom is 0.0487 e. The summed E-state index contributed by atoms with van der Waals surface area (Å²) in [4.78, 5) is 0. The van der Waals surface area contributed by atoms with Crippen molar-refractivity contribution in [3.63, 3.8) is 0 Å². The lowest BCUT2D eigenvalue weighted by Gasteiger charge is -2.34. The van der Waals surface area contributed by atoms with E-state index in [0.717, 1.165) is 11.8 Å². The van der Waals surface area contributed by atoms with Crippen LogP contribution in [0.1, 0.15) is 38.7 Å². The predicted octanol–water partition coefficient (Wildman–Crippen LogP) is 4.99. The molecule has 1 nitrogen and oxygen atoms in total. The fourth-order valence-corrected chi connectivity index (χ4v) is 3.42. The topological polar surface area (TPSA) is 12.0 Å². The van der Waals surface area contributed by atoms with Crippen LogP contribution in [0.2, 0.25) is 0 Å². The van der Waals surface area contributed by atoms with Crippen LogP contribution in [0.15, 0.2) is 22.7 Å². The Kier molecular flexibility index (Phi) is 4.13. The highest BCUT2D eigenvalue weighted by atomic mass is 79.9. The van der Waals surface area contributed by atoms with Gasteiger partial charge in [-0.1, -0.05) is 19.9 Å². The van der Waals surface area contributed by atoms with E-state index in [1.165, 1.54) is 35.0 Å². The third kappa shape index (κ3) is 3.25. The second-order valence-corrected chi connectivity index (χ2v) is 6.48. The van der Waals surface area contributed by atoms with Gasteiger partial charge in [0.1, 0.15) is 0 Å². The normalized spacial score (nSPS) is 29.1. The Bertz CT molecular complexity index is 389. The molecule has 0 aliphatic heterocycles. The molecule has 0 bridgehead atoms. The van der Waals surface area contributed by atoms with Crippen molar-refractivity contribution in [3.8, 4) is 0 Å². The molecule has 2 rings (SSSR count). The largest absolute Gasteiger partial charge is 0.381 e. The highest BCUT2D eigenvalue weighted by Crippen LogP contribution is 2.32. The second kappa shape index (κ2) is 5.43. The van der Waals surface area contributed by atoms with Crippen molar-refractivity contribution in [3.05, 3.63) is 28.2 Å². The third-order valence-corrected chi connectivity index (χ3v) is 4.55. The SMILES string of the molecule is Cc1ccc(NC2CCC(C)CC2C)c(Br)c1. The van der Waals surface area contributed by atoms with E-state index in [-0.39, 0.29) is 0 Å². The molecule has 1 saturated carbocycles. The first-order chi connectivity index (χ1) is 8.06. The summed E-state index contributed by atoms with van der Waals surface area (Å²) in [5.74, 6) is 1.66. The smallest absolute Gasteiger partial charge is 0.0487 e. The molecule has 1 N–H and O–H groups in total. The zero-order valence-corrected chi connectivity index (χ0v) is 12.5. The standard InChI is InChI=1S/C15H22BrN/c1-10-4-6-14(12(3)8-10)17-15-7-5-11(2)9-13(15)16/h5,7,9-10,12,14,17H,4,6,8H2,1-3H3. The molecule has 3 atom stereocenters. The van der Waals surface area contributed by atoms with Gasteiger partial charge in [-0.05, 0) is 71.6 Å². The quantitative estimate of drug-likeness (QED) is 0.810. The van der Waals surface area contributed by atoms with E-state index in [1.54, 1.807) is 0 Å². The van der Waals surface area contributed by atoms with Crippen molar-refractivity contribution in [1.29, 1.82) is 0 Å². The Morgan fingerprint density at radius 2 is 2.00 bits per heavy atom. The summed E-state index contributed by atoms with van der Waals surface area (Å²) >= 11 is 3.64. The molecule has 2 heteroatoms. The zero-order valence-electron chi connectivity index (χ0n) is 11.0. The van der Waals surface area contributed by atoms with E-state index < -0.39 is 0 Å². The Morgan fingerprint density at radius 1 is 1.24 bits per heavy atom. The summed E-state index contributed by atoms with van der Waals surface area (Å²) in [6.45, 7) is 6.86. The molecule has 1 fully saturated rings. The van der Waals surface area contributed by atoms with E-state index >= 15 is 0 Å². The van der Waals surface area contributed by atoms with Gasteiger partial charge in [0.15, 0.2) is 0 Å². The number of aryl methyl sites for hydroxylation is 1. The number of anilines is 1. The molecule has 1 aromatic carbocycles. The fraction of sp³-hybridized carbons (Fsp3) is 0.600. The molecule has 17 heavy (non-hydrogen) atoms. The van der Waals surface area contributed by atoms with Crippen molar-refractivity contribution < 1.29 is 0 Å². The minimum absolute atomic E-state index is 0.630. The molecule has 0 spiro atoms. The lowest BCUT2D eigenvalue weighted by atomic mass is 9.80. The van der Waals surface area contributed by atoms with Gasteiger partial charge in [0.25, 0.3) is 0 Å². The minimum atomic E-state index is 0.630. The lowest BCUT2D eigenvalue weighted by Crippen LogP contribution is -2.33. The van der Waals surface area contributed by atoms with Gasteiger partial charge in [0.05, 0.1) is 0 Å². The van der Waals surface area contributed by atoms with Crippen LogP contribution >= 0.6 is 15.9 Å². The molecule has 1 aromatic rings. The van der Waals surface area contributed by atoms with Crippen molar-refractivity contribution in [2.24, 2.45) is 11.8 Å². The molecule has 0 saturated heterocycles. The summed E-state index contributed by atoms with van der Waals surface area (Å²) in [6.07, 6.45) is 4.00. The number of hydrogen-bond acceptors (Lipinski definition) is 1. The van der Waals surface area contributed by atoms with Crippen LogP contribution in [-0.2, 0) is 0 Å². The monoisotopic (exact) mass is 295 g/mol. The molecule has 1 aliphatic rings. The maximum absolute atomic E-state index is 3.70. The summed E-state index contributed by atoms with van der Waals surface area (Å²) in [5.41, 5.74) is 2.54. The average Bonchev–Trinajstić information content (AvgIpc) is 2.25. The van der Waals surface area contributed by atoms with Crippen molar-refractivity contribution in [1.82, 2.24) is 0 Å². The summed E-state index contributed by atoms with van der Waals surface area (Å²) < 4.78 is 1.18. The van der Waals surface area contributed by atoms with Gasteiger partial charge in [-0.3, -0.25) is 0 Å². The molecule has 0 aromatic heterocycles. The van der Waals surface area contributed by atoms with Gasteiger partial charge in [-0.25, -0.2) is 0 Å². The molecule has 0 heterocycles. The van der Waals surface area contributed by atoms with Gasteiger partial charge < -0.3 is 5.32 Å². The Hall–Kier alpha value is -0.500. The molecule has 0 radical (unpaired) electrons. The van der Waals surface area contributed by atoms with Crippen molar-refractivity contribution in [2.45, 2.75) is 46.1 Å². The number of benzene rings is 1. The van der Waals surface area contributed by atoms with Gasteiger partial charge in [-0.15, -0.1) is 0 Å². The van der Waals surface area contributed by atoms with Crippen LogP contribution in [0, 0.1) is 18.8 Å². The number of nitrogens with one attached hydrogen (secondary N) is 1. The summed E-state index contributed by atoms with van der Waals surface area (Å²) in [5, 5.41) is 3.70. The maximum atomic E-state index is 3.70. The van der Waals surface area contributed by atoms with E-state index in [2.05, 4.69) is 60.2 Å². The molecule has 3 unspecified atom stereocenters. The molecule has 94 valence electrons. The first-order valence-corrected chi connectivity index (χ1v) is 7.38. The molecule has 0 amide bonds. The van der Waals surface area contributed by atoms with Crippen LogP contribution in [-0.4, -0.2) is 6.04 Å². The summed E-state index contributed by atoms with van der Waals surface area (Å²) in [7, 11) is 0. The van der Waals surface area contributed by atoms with Gasteiger partial charge >= 0.3 is 0 Å². The number of halogens is 1. The Labute approximate surface area is 113 Å². The van der Waals surface area contributed by atoms with Gasteiger partial charge in [0, 0.05) is 16.2 Å². The summed E-state index contributed by atoms with van der Waals surface area (Å²) in [6, 6.07) is 7.16. The zero-order chi connectivity index (χ0) is 12.4. The molecular formula is C15H22BrN. The third-order valence-electron chi connectivity index (χ3n) is 3.90. The second-order valence-electron chi connectivity index (χ2n) is 5.63. The van der Waals surface area contributed by atoms with Gasteiger partial charge in [-0.2, -0.15) is 0 Å². The highest BCUT2D eigenvalue weighted by molar-refractivity contribution is 9.10. The molecule has 1 aliphatic carbocycles. The predicted molar refractivity (Wildman–Crippen MR) is 78.5 cm³/mol. The number of hydrogen-bond donors (Lipinski definition) is 1. The van der Waals surface area contributed by atoms with Crippen LogP contribution < -0.4 is 5.32 Å². The highest BCUT2D eigenvalue weighted by Gasteiger charge is 2.25. The van der Waals surface area contributed by atoms with Crippen LogP contribution in [0.25, 0.3) is 0 Å². The van der Waals surface area contributed by atoms with Crippen LogP contribution in [0.4, 0.5) is 5.69 Å². The average molecular weight is 296 g/mol.